The molecule has 0 unspecified atom stereocenters. The summed E-state index contributed by atoms with van der Waals surface area (Å²) in [5.41, 5.74) is 10.1. The number of aryl methyl sites for hydroxylation is 1. The largest absolute Gasteiger partial charge is 0.381 e. The predicted octanol–water partition coefficient (Wildman–Crippen LogP) is 6.64. The molecular formula is C35H48N4O. The molecule has 5 rings (SSSR count). The number of allylic oxidation sites excluding steroid dienone is 4. The molecule has 5 heteroatoms. The summed E-state index contributed by atoms with van der Waals surface area (Å²) in [6.45, 7) is 20.9. The number of likely N-dealkylation sites (tertiary alicyclic amines) is 2. The van der Waals surface area contributed by atoms with Crippen LogP contribution in [0.2, 0.25) is 0 Å². The zero-order valence-electron chi connectivity index (χ0n) is 25.1. The van der Waals surface area contributed by atoms with Gasteiger partial charge in [-0.2, -0.15) is 0 Å². The van der Waals surface area contributed by atoms with Crippen LogP contribution in [-0.2, 0) is 11.3 Å². The first kappa shape index (κ1) is 28.6. The van der Waals surface area contributed by atoms with Crippen LogP contribution in [0, 0.1) is 23.2 Å². The van der Waals surface area contributed by atoms with Gasteiger partial charge in [-0.25, -0.2) is 0 Å². The number of nitrogens with one attached hydrogen (secondary N) is 2. The SMILES string of the molecule is C=C(NCc1ccc(/C=C(\C)CN2CCC3(CC2)CC3)c(C)c1)/C(C=N)=C(\C=C/C)C(=C\C)/N1CC2(COC2)C1. The van der Waals surface area contributed by atoms with Crippen LogP contribution >= 0.6 is 0 Å². The number of rotatable bonds is 11. The minimum absolute atomic E-state index is 0.334. The van der Waals surface area contributed by atoms with Crippen molar-refractivity contribution in [3.05, 3.63) is 87.8 Å². The third-order valence-corrected chi connectivity index (χ3v) is 9.44. The summed E-state index contributed by atoms with van der Waals surface area (Å²) < 4.78 is 5.47. The molecule has 1 aromatic carbocycles. The van der Waals surface area contributed by atoms with Crippen molar-refractivity contribution >= 4 is 12.3 Å². The van der Waals surface area contributed by atoms with Gasteiger partial charge in [-0.15, -0.1) is 0 Å². The molecule has 0 bridgehead atoms. The Morgan fingerprint density at radius 3 is 2.35 bits per heavy atom. The van der Waals surface area contributed by atoms with E-state index in [0.29, 0.717) is 12.0 Å². The molecule has 2 N–H and O–H groups in total. The van der Waals surface area contributed by atoms with E-state index in [2.05, 4.69) is 78.9 Å². The van der Waals surface area contributed by atoms with Crippen molar-refractivity contribution in [1.82, 2.24) is 15.1 Å². The molecular weight excluding hydrogens is 492 g/mol. The van der Waals surface area contributed by atoms with Gasteiger partial charge in [0, 0.05) is 54.9 Å². The number of piperidine rings is 1. The average molecular weight is 541 g/mol. The van der Waals surface area contributed by atoms with E-state index in [-0.39, 0.29) is 0 Å². The van der Waals surface area contributed by atoms with E-state index in [1.54, 1.807) is 0 Å². The Morgan fingerprint density at radius 1 is 1.07 bits per heavy atom. The van der Waals surface area contributed by atoms with Crippen LogP contribution in [0.5, 0.6) is 0 Å². The highest BCUT2D eigenvalue weighted by atomic mass is 16.5. The molecule has 214 valence electrons. The summed E-state index contributed by atoms with van der Waals surface area (Å²) in [5, 5.41) is 11.8. The number of hydrogen-bond acceptors (Lipinski definition) is 5. The maximum absolute atomic E-state index is 8.24. The zero-order valence-corrected chi connectivity index (χ0v) is 25.1. The number of ether oxygens (including phenoxy) is 1. The standard InChI is InChI=1S/C35H48N4O/c1-6-8-31(33(7-2)39-22-35(23-39)24-40-25-35)32(19-36)28(5)37-20-29-9-10-30(27(4)18-29)17-26(3)21-38-15-13-34(11-12-34)14-16-38/h6-10,17-19,36-37H,5,11-16,20-25H2,1-4H3/b8-6-,26-17+,32-31+,33-7+,36-19?. The summed E-state index contributed by atoms with van der Waals surface area (Å²) >= 11 is 0. The van der Waals surface area contributed by atoms with Crippen molar-refractivity contribution < 1.29 is 4.74 Å². The fourth-order valence-electron chi connectivity index (χ4n) is 6.66. The third kappa shape index (κ3) is 6.21. The van der Waals surface area contributed by atoms with Crippen molar-refractivity contribution in [2.24, 2.45) is 10.8 Å². The normalized spacial score (nSPS) is 22.6. The third-order valence-electron chi connectivity index (χ3n) is 9.44. The molecule has 3 heterocycles. The maximum Gasteiger partial charge on any atom is 0.0579 e. The van der Waals surface area contributed by atoms with E-state index in [1.807, 2.05) is 13.0 Å². The molecule has 5 nitrogen and oxygen atoms in total. The molecule has 2 spiro atoms. The van der Waals surface area contributed by atoms with E-state index in [9.17, 15) is 0 Å². The van der Waals surface area contributed by atoms with Gasteiger partial charge in [0.1, 0.15) is 0 Å². The second-order valence-electron chi connectivity index (χ2n) is 12.8. The van der Waals surface area contributed by atoms with Crippen LogP contribution in [0.4, 0.5) is 0 Å². The molecule has 4 fully saturated rings. The van der Waals surface area contributed by atoms with Gasteiger partial charge in [0.25, 0.3) is 0 Å². The van der Waals surface area contributed by atoms with Crippen LogP contribution in [0.3, 0.4) is 0 Å². The summed E-state index contributed by atoms with van der Waals surface area (Å²) in [4.78, 5) is 5.03. The van der Waals surface area contributed by atoms with Gasteiger partial charge in [0.2, 0.25) is 0 Å². The fraction of sp³-hybridized carbons (Fsp3) is 0.514. The molecule has 1 aromatic rings. The number of hydrogen-bond donors (Lipinski definition) is 2. The van der Waals surface area contributed by atoms with Crippen LogP contribution in [0.15, 0.2) is 71.1 Å². The topological polar surface area (TPSA) is 51.6 Å². The fourth-order valence-corrected chi connectivity index (χ4v) is 6.66. The summed E-state index contributed by atoms with van der Waals surface area (Å²) in [6, 6.07) is 6.73. The van der Waals surface area contributed by atoms with Crippen LogP contribution in [0.1, 0.15) is 63.1 Å². The Kier molecular flexibility index (Phi) is 8.53. The molecule has 40 heavy (non-hydrogen) atoms. The molecule has 0 amide bonds. The highest BCUT2D eigenvalue weighted by Gasteiger charge is 2.49. The van der Waals surface area contributed by atoms with E-state index in [4.69, 9.17) is 10.1 Å². The number of benzene rings is 1. The van der Waals surface area contributed by atoms with E-state index < -0.39 is 0 Å². The average Bonchev–Trinajstić information content (AvgIpc) is 3.65. The lowest BCUT2D eigenvalue weighted by Crippen LogP contribution is -2.65. The molecule has 1 saturated carbocycles. The first-order chi connectivity index (χ1) is 19.3. The van der Waals surface area contributed by atoms with Gasteiger partial charge in [0.15, 0.2) is 0 Å². The van der Waals surface area contributed by atoms with Crippen molar-refractivity contribution in [1.29, 1.82) is 5.41 Å². The van der Waals surface area contributed by atoms with Crippen LogP contribution < -0.4 is 5.32 Å². The minimum Gasteiger partial charge on any atom is -0.381 e. The molecule has 0 aromatic heterocycles. The lowest BCUT2D eigenvalue weighted by atomic mass is 9.77. The monoisotopic (exact) mass is 540 g/mol. The highest BCUT2D eigenvalue weighted by Crippen LogP contribution is 2.53. The Bertz CT molecular complexity index is 1240. The molecule has 0 radical (unpaired) electrons. The second-order valence-corrected chi connectivity index (χ2v) is 12.8. The molecule has 3 saturated heterocycles. The van der Waals surface area contributed by atoms with E-state index in [0.717, 1.165) is 60.8 Å². The van der Waals surface area contributed by atoms with Crippen LogP contribution in [0.25, 0.3) is 6.08 Å². The second kappa shape index (κ2) is 11.9. The van der Waals surface area contributed by atoms with Crippen molar-refractivity contribution in [2.75, 3.05) is 45.9 Å². The molecule has 3 aliphatic heterocycles. The Morgan fingerprint density at radius 2 is 1.80 bits per heavy atom. The zero-order chi connectivity index (χ0) is 28.3. The van der Waals surface area contributed by atoms with Crippen molar-refractivity contribution in [3.63, 3.8) is 0 Å². The Balaban J connectivity index is 1.20. The summed E-state index contributed by atoms with van der Waals surface area (Å²) in [5.74, 6) is 0. The molecule has 1 aliphatic carbocycles. The highest BCUT2D eigenvalue weighted by molar-refractivity contribution is 5.85. The van der Waals surface area contributed by atoms with Gasteiger partial charge >= 0.3 is 0 Å². The van der Waals surface area contributed by atoms with Gasteiger partial charge in [-0.1, -0.05) is 54.7 Å². The summed E-state index contributed by atoms with van der Waals surface area (Å²) in [6.07, 6.45) is 15.8. The van der Waals surface area contributed by atoms with Crippen molar-refractivity contribution in [3.8, 4) is 0 Å². The van der Waals surface area contributed by atoms with Gasteiger partial charge < -0.3 is 20.4 Å². The molecule has 0 atom stereocenters. The lowest BCUT2D eigenvalue weighted by molar-refractivity contribution is -0.179. The van der Waals surface area contributed by atoms with Crippen molar-refractivity contribution in [2.45, 2.75) is 59.9 Å². The van der Waals surface area contributed by atoms with Gasteiger partial charge in [-0.05, 0) is 88.6 Å². The Labute approximate surface area is 241 Å². The van der Waals surface area contributed by atoms with Gasteiger partial charge in [0.05, 0.1) is 18.6 Å². The quantitative estimate of drug-likeness (QED) is 0.244. The van der Waals surface area contributed by atoms with Gasteiger partial charge in [-0.3, -0.25) is 4.90 Å². The number of nitrogens with zero attached hydrogens (tertiary/aromatic N) is 2. The summed E-state index contributed by atoms with van der Waals surface area (Å²) in [7, 11) is 0. The van der Waals surface area contributed by atoms with E-state index in [1.165, 1.54) is 67.3 Å². The minimum atomic E-state index is 0.334. The first-order valence-electron chi connectivity index (χ1n) is 15.1. The predicted molar refractivity (Wildman–Crippen MR) is 167 cm³/mol. The lowest BCUT2D eigenvalue weighted by Gasteiger charge is -2.56. The van der Waals surface area contributed by atoms with E-state index >= 15 is 0 Å². The molecule has 4 aliphatic rings. The maximum atomic E-state index is 8.24. The smallest absolute Gasteiger partial charge is 0.0579 e. The first-order valence-corrected chi connectivity index (χ1v) is 15.1. The van der Waals surface area contributed by atoms with Crippen LogP contribution in [-0.4, -0.2) is 62.0 Å². The Hall–Kier alpha value is -2.89.